The molecular weight excluding hydrogens is 154 g/mol. The maximum absolute atomic E-state index is 9.21. The van der Waals surface area contributed by atoms with Crippen LogP contribution in [0, 0.1) is 17.3 Å². The van der Waals surface area contributed by atoms with Gasteiger partial charge in [-0.2, -0.15) is 0 Å². The Kier molecular flexibility index (Phi) is 1.75. The van der Waals surface area contributed by atoms with Gasteiger partial charge >= 0.3 is 0 Å². The lowest BCUT2D eigenvalue weighted by Crippen LogP contribution is -2.38. The number of hydrogen-bond acceptors (Lipinski definition) is 3. The van der Waals surface area contributed by atoms with Gasteiger partial charge in [0.2, 0.25) is 0 Å². The summed E-state index contributed by atoms with van der Waals surface area (Å²) in [5, 5.41) is 18.4. The molecule has 1 fully saturated rings. The van der Waals surface area contributed by atoms with E-state index in [-0.39, 0.29) is 30.6 Å². The third kappa shape index (κ3) is 0.815. The second-order valence-electron chi connectivity index (χ2n) is 4.03. The summed E-state index contributed by atoms with van der Waals surface area (Å²) in [4.78, 5) is 0. The Bertz CT molecular complexity index is 211. The summed E-state index contributed by atoms with van der Waals surface area (Å²) in [5.41, 5.74) is 5.59. The van der Waals surface area contributed by atoms with Crippen LogP contribution in [0.2, 0.25) is 0 Å². The molecule has 0 unspecified atom stereocenters. The minimum Gasteiger partial charge on any atom is -0.396 e. The predicted octanol–water partition coefficient (Wildman–Crippen LogP) is -0.509. The molecule has 3 nitrogen and oxygen atoms in total. The van der Waals surface area contributed by atoms with Gasteiger partial charge in [-0.25, -0.2) is 0 Å². The average molecular weight is 169 g/mol. The fraction of sp³-hybridized carbons (Fsp3) is 0.778. The molecule has 0 aliphatic heterocycles. The Labute approximate surface area is 71.9 Å². The number of hydrogen-bond donors (Lipinski definition) is 3. The summed E-state index contributed by atoms with van der Waals surface area (Å²) in [7, 11) is 0. The Morgan fingerprint density at radius 2 is 2.00 bits per heavy atom. The van der Waals surface area contributed by atoms with Crippen molar-refractivity contribution < 1.29 is 10.2 Å². The van der Waals surface area contributed by atoms with Crippen molar-refractivity contribution in [3.05, 3.63) is 12.2 Å². The van der Waals surface area contributed by atoms with Crippen molar-refractivity contribution in [2.24, 2.45) is 23.0 Å². The van der Waals surface area contributed by atoms with Crippen LogP contribution in [0.25, 0.3) is 0 Å². The third-order valence-corrected chi connectivity index (χ3v) is 3.45. The van der Waals surface area contributed by atoms with E-state index in [9.17, 15) is 10.2 Å². The van der Waals surface area contributed by atoms with E-state index in [4.69, 9.17) is 5.73 Å². The van der Waals surface area contributed by atoms with Crippen LogP contribution in [0.5, 0.6) is 0 Å². The van der Waals surface area contributed by atoms with Crippen molar-refractivity contribution in [3.63, 3.8) is 0 Å². The van der Waals surface area contributed by atoms with E-state index in [1.54, 1.807) is 0 Å². The molecule has 12 heavy (non-hydrogen) atoms. The highest BCUT2D eigenvalue weighted by molar-refractivity contribution is 5.21. The minimum atomic E-state index is -0.334. The molecule has 68 valence electrons. The fourth-order valence-corrected chi connectivity index (χ4v) is 2.60. The van der Waals surface area contributed by atoms with Gasteiger partial charge in [-0.3, -0.25) is 0 Å². The van der Waals surface area contributed by atoms with E-state index in [0.717, 1.165) is 6.42 Å². The van der Waals surface area contributed by atoms with Gasteiger partial charge in [-0.05, 0) is 12.3 Å². The molecule has 3 heteroatoms. The maximum Gasteiger partial charge on any atom is 0.0515 e. The van der Waals surface area contributed by atoms with E-state index in [1.165, 1.54) is 0 Å². The smallest absolute Gasteiger partial charge is 0.0515 e. The van der Waals surface area contributed by atoms with Gasteiger partial charge in [0.15, 0.2) is 0 Å². The van der Waals surface area contributed by atoms with Crippen molar-refractivity contribution in [3.8, 4) is 0 Å². The fourth-order valence-electron chi connectivity index (χ4n) is 2.60. The highest BCUT2D eigenvalue weighted by atomic mass is 16.3. The lowest BCUT2D eigenvalue weighted by atomic mass is 9.77. The third-order valence-electron chi connectivity index (χ3n) is 3.45. The molecule has 1 saturated carbocycles. The summed E-state index contributed by atoms with van der Waals surface area (Å²) >= 11 is 0. The lowest BCUT2D eigenvalue weighted by Gasteiger charge is -2.31. The van der Waals surface area contributed by atoms with Gasteiger partial charge in [0.25, 0.3) is 0 Å². The lowest BCUT2D eigenvalue weighted by molar-refractivity contribution is 0.0319. The largest absolute Gasteiger partial charge is 0.396 e. The Hall–Kier alpha value is -0.380. The molecule has 3 atom stereocenters. The Balaban J connectivity index is 2.26. The van der Waals surface area contributed by atoms with E-state index in [2.05, 4.69) is 6.08 Å². The molecule has 2 aliphatic rings. The van der Waals surface area contributed by atoms with Crippen LogP contribution in [-0.4, -0.2) is 29.5 Å². The molecule has 0 saturated heterocycles. The number of aliphatic hydroxyl groups excluding tert-OH is 2. The summed E-state index contributed by atoms with van der Waals surface area (Å²) < 4.78 is 0. The first-order chi connectivity index (χ1) is 5.73. The van der Waals surface area contributed by atoms with Crippen molar-refractivity contribution in [1.82, 2.24) is 0 Å². The van der Waals surface area contributed by atoms with Gasteiger partial charge < -0.3 is 15.9 Å². The monoisotopic (exact) mass is 169 g/mol. The zero-order valence-corrected chi connectivity index (χ0v) is 6.98. The van der Waals surface area contributed by atoms with Gasteiger partial charge in [0, 0.05) is 17.4 Å². The summed E-state index contributed by atoms with van der Waals surface area (Å²) in [6.45, 7) is 0.0887. The zero-order valence-electron chi connectivity index (χ0n) is 6.98. The average Bonchev–Trinajstić information content (AvgIpc) is 2.60. The standard InChI is InChI=1S/C9H15NO2/c10-8-6-1-2-7(8)9(3-6,4-11)5-12/h1-2,6-8,11-12H,3-5,10H2/t6-,7-,8+/m0/s1. The molecule has 0 aromatic heterocycles. The minimum absolute atomic E-state index is 0.0444. The second kappa shape index (κ2) is 2.55. The van der Waals surface area contributed by atoms with Crippen molar-refractivity contribution in [2.75, 3.05) is 13.2 Å². The van der Waals surface area contributed by atoms with Crippen molar-refractivity contribution >= 4 is 0 Å². The first kappa shape index (κ1) is 8.23. The Morgan fingerprint density at radius 3 is 2.25 bits per heavy atom. The molecule has 0 heterocycles. The molecular formula is C9H15NO2. The van der Waals surface area contributed by atoms with Crippen LogP contribution < -0.4 is 5.73 Å². The summed E-state index contributed by atoms with van der Waals surface area (Å²) in [6.07, 6.45) is 4.99. The number of rotatable bonds is 2. The van der Waals surface area contributed by atoms with Gasteiger partial charge in [0.05, 0.1) is 13.2 Å². The molecule has 0 radical (unpaired) electrons. The first-order valence-electron chi connectivity index (χ1n) is 4.39. The summed E-state index contributed by atoms with van der Waals surface area (Å²) in [5.74, 6) is 0.548. The van der Waals surface area contributed by atoms with Crippen molar-refractivity contribution in [2.45, 2.75) is 12.5 Å². The van der Waals surface area contributed by atoms with Crippen LogP contribution in [0.15, 0.2) is 12.2 Å². The number of aliphatic hydroxyl groups is 2. The molecule has 0 aromatic carbocycles. The topological polar surface area (TPSA) is 66.5 Å². The predicted molar refractivity (Wildman–Crippen MR) is 45.3 cm³/mol. The molecule has 2 aliphatic carbocycles. The molecule has 2 rings (SSSR count). The number of fused-ring (bicyclic) bond motifs is 2. The molecule has 4 N–H and O–H groups in total. The van der Waals surface area contributed by atoms with Gasteiger partial charge in [-0.15, -0.1) is 0 Å². The normalized spacial score (nSPS) is 42.4. The van der Waals surface area contributed by atoms with E-state index in [1.807, 2.05) is 6.08 Å². The van der Waals surface area contributed by atoms with Crippen LogP contribution >= 0.6 is 0 Å². The highest BCUT2D eigenvalue weighted by Gasteiger charge is 2.52. The van der Waals surface area contributed by atoms with E-state index in [0.29, 0.717) is 5.92 Å². The van der Waals surface area contributed by atoms with Crippen LogP contribution in [0.3, 0.4) is 0 Å². The second-order valence-corrected chi connectivity index (χ2v) is 4.03. The van der Waals surface area contributed by atoms with Crippen molar-refractivity contribution in [1.29, 1.82) is 0 Å². The van der Waals surface area contributed by atoms with Crippen LogP contribution in [0.1, 0.15) is 6.42 Å². The molecule has 0 spiro atoms. The van der Waals surface area contributed by atoms with Gasteiger partial charge in [-0.1, -0.05) is 12.2 Å². The SMILES string of the molecule is N[C@@H]1[C@H]2C=C[C@@H]1C(CO)(CO)C2. The Morgan fingerprint density at radius 1 is 1.33 bits per heavy atom. The van der Waals surface area contributed by atoms with Crippen LogP contribution in [0.4, 0.5) is 0 Å². The highest BCUT2D eigenvalue weighted by Crippen LogP contribution is 2.50. The summed E-state index contributed by atoms with van der Waals surface area (Å²) in [6, 6.07) is 0.115. The van der Waals surface area contributed by atoms with E-state index < -0.39 is 0 Å². The van der Waals surface area contributed by atoms with Gasteiger partial charge in [0.1, 0.15) is 0 Å². The number of nitrogens with two attached hydrogens (primary N) is 1. The maximum atomic E-state index is 9.21. The van der Waals surface area contributed by atoms with Crippen LogP contribution in [-0.2, 0) is 0 Å². The molecule has 0 aromatic rings. The zero-order chi connectivity index (χ0) is 8.77. The molecule has 2 bridgehead atoms. The quantitative estimate of drug-likeness (QED) is 0.488. The first-order valence-corrected chi connectivity index (χ1v) is 4.39. The molecule has 0 amide bonds. The van der Waals surface area contributed by atoms with E-state index >= 15 is 0 Å².